The molecule has 0 saturated heterocycles. The molecule has 1 N–H and O–H groups in total. The van der Waals surface area contributed by atoms with E-state index in [0.29, 0.717) is 16.5 Å². The Morgan fingerprint density at radius 1 is 1.43 bits per heavy atom. The van der Waals surface area contributed by atoms with E-state index < -0.39 is 0 Å². The Kier molecular flexibility index (Phi) is 5.05. The van der Waals surface area contributed by atoms with E-state index >= 15 is 0 Å². The lowest BCUT2D eigenvalue weighted by atomic mass is 10.2. The van der Waals surface area contributed by atoms with Gasteiger partial charge >= 0.3 is 5.97 Å². The second-order valence-electron chi connectivity index (χ2n) is 4.43. The van der Waals surface area contributed by atoms with Gasteiger partial charge in [-0.2, -0.15) is 0 Å². The number of aryl methyl sites for hydroxylation is 1. The smallest absolute Gasteiger partial charge is 0.348 e. The average molecular weight is 304 g/mol. The molecule has 0 atom stereocenters. The van der Waals surface area contributed by atoms with Crippen LogP contribution in [0.15, 0.2) is 30.6 Å². The van der Waals surface area contributed by atoms with Gasteiger partial charge in [0.15, 0.2) is 0 Å². The zero-order valence-corrected chi connectivity index (χ0v) is 12.7. The largest absolute Gasteiger partial charge is 0.462 e. The van der Waals surface area contributed by atoms with E-state index in [-0.39, 0.29) is 18.3 Å². The van der Waals surface area contributed by atoms with Gasteiger partial charge in [-0.15, -0.1) is 11.3 Å². The second-order valence-corrected chi connectivity index (χ2v) is 5.48. The Morgan fingerprint density at radius 2 is 2.24 bits per heavy atom. The maximum atomic E-state index is 11.9. The molecule has 2 rings (SSSR count). The number of hydrogen-bond acceptors (Lipinski definition) is 5. The molecule has 0 aliphatic rings. The molecule has 0 fully saturated rings. The molecule has 0 saturated carbocycles. The van der Waals surface area contributed by atoms with Crippen LogP contribution in [0.3, 0.4) is 0 Å². The third-order valence-corrected chi connectivity index (χ3v) is 3.86. The molecule has 0 spiro atoms. The lowest BCUT2D eigenvalue weighted by Crippen LogP contribution is -2.13. The van der Waals surface area contributed by atoms with Gasteiger partial charge in [0.1, 0.15) is 4.88 Å². The number of esters is 1. The summed E-state index contributed by atoms with van der Waals surface area (Å²) in [6.07, 6.45) is 3.57. The van der Waals surface area contributed by atoms with E-state index in [0.717, 1.165) is 11.1 Å². The molecule has 0 aromatic carbocycles. The summed E-state index contributed by atoms with van der Waals surface area (Å²) in [4.78, 5) is 28.2. The third kappa shape index (κ3) is 4.13. The number of rotatable bonds is 5. The number of hydrogen-bond donors (Lipinski definition) is 1. The summed E-state index contributed by atoms with van der Waals surface area (Å²) >= 11 is 1.22. The summed E-state index contributed by atoms with van der Waals surface area (Å²) < 4.78 is 4.97. The molecule has 0 radical (unpaired) electrons. The fraction of sp³-hybridized carbons (Fsp3) is 0.267. The molecule has 0 bridgehead atoms. The van der Waals surface area contributed by atoms with Crippen LogP contribution in [0.2, 0.25) is 0 Å². The highest BCUT2D eigenvalue weighted by Crippen LogP contribution is 2.27. The molecule has 0 aliphatic carbocycles. The van der Waals surface area contributed by atoms with E-state index in [2.05, 4.69) is 10.3 Å². The van der Waals surface area contributed by atoms with Gasteiger partial charge in [0, 0.05) is 12.4 Å². The van der Waals surface area contributed by atoms with Crippen molar-refractivity contribution < 1.29 is 14.3 Å². The van der Waals surface area contributed by atoms with Crippen molar-refractivity contribution in [2.75, 3.05) is 11.9 Å². The number of nitrogens with zero attached hydrogens (tertiary/aromatic N) is 1. The lowest BCUT2D eigenvalue weighted by Gasteiger charge is -2.02. The number of nitrogens with one attached hydrogen (secondary N) is 1. The van der Waals surface area contributed by atoms with E-state index in [9.17, 15) is 9.59 Å². The van der Waals surface area contributed by atoms with Gasteiger partial charge in [-0.05, 0) is 37.1 Å². The average Bonchev–Trinajstić information content (AvgIpc) is 2.80. The number of carbonyl (C=O) groups is 2. The molecule has 5 nitrogen and oxygen atoms in total. The molecule has 2 aromatic rings. The molecule has 21 heavy (non-hydrogen) atoms. The number of amides is 1. The first-order valence-corrected chi connectivity index (χ1v) is 7.38. The molecule has 2 aromatic heterocycles. The zero-order valence-electron chi connectivity index (χ0n) is 11.9. The predicted octanol–water partition coefficient (Wildman–Crippen LogP) is 2.81. The van der Waals surface area contributed by atoms with Crippen molar-refractivity contribution in [3.05, 3.63) is 46.6 Å². The van der Waals surface area contributed by atoms with Crippen molar-refractivity contribution in [3.8, 4) is 0 Å². The van der Waals surface area contributed by atoms with Gasteiger partial charge in [-0.3, -0.25) is 9.78 Å². The van der Waals surface area contributed by atoms with Gasteiger partial charge in [-0.1, -0.05) is 6.07 Å². The van der Waals surface area contributed by atoms with Crippen LogP contribution in [0.1, 0.15) is 27.7 Å². The molecule has 6 heteroatoms. The molecule has 2 heterocycles. The first kappa shape index (κ1) is 15.2. The Balaban J connectivity index is 2.01. The highest BCUT2D eigenvalue weighted by atomic mass is 32.1. The number of ether oxygens (including phenoxy) is 1. The van der Waals surface area contributed by atoms with Gasteiger partial charge in [-0.25, -0.2) is 4.79 Å². The molecule has 0 aliphatic heterocycles. The monoisotopic (exact) mass is 304 g/mol. The van der Waals surface area contributed by atoms with Gasteiger partial charge in [0.25, 0.3) is 0 Å². The Labute approximate surface area is 127 Å². The normalized spacial score (nSPS) is 10.2. The van der Waals surface area contributed by atoms with Crippen LogP contribution in [0.25, 0.3) is 0 Å². The summed E-state index contributed by atoms with van der Waals surface area (Å²) in [5, 5.41) is 3.44. The molecular formula is C15H16N2O3S. The third-order valence-electron chi connectivity index (χ3n) is 2.73. The second kappa shape index (κ2) is 6.99. The summed E-state index contributed by atoms with van der Waals surface area (Å²) in [6, 6.07) is 5.41. The maximum Gasteiger partial charge on any atom is 0.348 e. The highest BCUT2D eigenvalue weighted by Gasteiger charge is 2.15. The van der Waals surface area contributed by atoms with E-state index in [1.807, 2.05) is 13.0 Å². The first-order chi connectivity index (χ1) is 10.1. The van der Waals surface area contributed by atoms with Crippen molar-refractivity contribution in [2.45, 2.75) is 20.3 Å². The van der Waals surface area contributed by atoms with E-state index in [1.165, 1.54) is 11.3 Å². The van der Waals surface area contributed by atoms with Crippen molar-refractivity contribution >= 4 is 28.2 Å². The number of thiophene rings is 1. The molecule has 110 valence electrons. The minimum atomic E-state index is -0.354. The van der Waals surface area contributed by atoms with Gasteiger partial charge < -0.3 is 10.1 Å². The van der Waals surface area contributed by atoms with Crippen LogP contribution >= 0.6 is 11.3 Å². The van der Waals surface area contributed by atoms with E-state index in [1.54, 1.807) is 31.5 Å². The SMILES string of the molecule is CCOC(=O)c1sc(NC(=O)Cc2cccnc2)cc1C. The number of aromatic nitrogens is 1. The van der Waals surface area contributed by atoms with Crippen molar-refractivity contribution in [2.24, 2.45) is 0 Å². The lowest BCUT2D eigenvalue weighted by molar-refractivity contribution is -0.115. The Bertz CT molecular complexity index is 638. The zero-order chi connectivity index (χ0) is 15.2. The van der Waals surface area contributed by atoms with Crippen molar-refractivity contribution in [1.29, 1.82) is 0 Å². The number of anilines is 1. The molecule has 1 amide bonds. The van der Waals surface area contributed by atoms with Crippen LogP contribution < -0.4 is 5.32 Å². The predicted molar refractivity (Wildman–Crippen MR) is 81.6 cm³/mol. The topological polar surface area (TPSA) is 68.3 Å². The number of carbonyl (C=O) groups excluding carboxylic acids is 2. The van der Waals surface area contributed by atoms with Gasteiger partial charge in [0.2, 0.25) is 5.91 Å². The minimum absolute atomic E-state index is 0.139. The van der Waals surface area contributed by atoms with Crippen molar-refractivity contribution in [1.82, 2.24) is 4.98 Å². The quantitative estimate of drug-likeness (QED) is 0.862. The Morgan fingerprint density at radius 3 is 2.90 bits per heavy atom. The van der Waals surface area contributed by atoms with Crippen LogP contribution in [0.4, 0.5) is 5.00 Å². The van der Waals surface area contributed by atoms with Gasteiger partial charge in [0.05, 0.1) is 18.0 Å². The summed E-state index contributed by atoms with van der Waals surface area (Å²) in [5.41, 5.74) is 1.64. The number of pyridine rings is 1. The Hall–Kier alpha value is -2.21. The maximum absolute atomic E-state index is 11.9. The van der Waals surface area contributed by atoms with E-state index in [4.69, 9.17) is 4.74 Å². The molecular weight excluding hydrogens is 288 g/mol. The van der Waals surface area contributed by atoms with Crippen LogP contribution in [-0.2, 0) is 16.0 Å². The summed E-state index contributed by atoms with van der Waals surface area (Å²) in [7, 11) is 0. The highest BCUT2D eigenvalue weighted by molar-refractivity contribution is 7.18. The summed E-state index contributed by atoms with van der Waals surface area (Å²) in [5.74, 6) is -0.493. The standard InChI is InChI=1S/C15H16N2O3S/c1-3-20-15(19)14-10(2)7-13(21-14)17-12(18)8-11-5-4-6-16-9-11/h4-7,9H,3,8H2,1-2H3,(H,17,18). The minimum Gasteiger partial charge on any atom is -0.462 e. The van der Waals surface area contributed by atoms with Crippen LogP contribution in [-0.4, -0.2) is 23.5 Å². The fourth-order valence-corrected chi connectivity index (χ4v) is 2.80. The summed E-state index contributed by atoms with van der Waals surface area (Å²) in [6.45, 7) is 3.91. The van der Waals surface area contributed by atoms with Crippen molar-refractivity contribution in [3.63, 3.8) is 0 Å². The van der Waals surface area contributed by atoms with Crippen LogP contribution in [0, 0.1) is 6.92 Å². The first-order valence-electron chi connectivity index (χ1n) is 6.56. The fourth-order valence-electron chi connectivity index (χ4n) is 1.81. The van der Waals surface area contributed by atoms with Crippen LogP contribution in [0.5, 0.6) is 0 Å². The molecule has 0 unspecified atom stereocenters.